The molecule has 164 valence electrons. The Kier molecular flexibility index (Phi) is 9.02. The fraction of sp³-hybridized carbons (Fsp3) is 0.722. The van der Waals surface area contributed by atoms with Crippen LogP contribution < -0.4 is 31.9 Å². The molecule has 11 nitrogen and oxygen atoms in total. The molecule has 0 spiro atoms. The van der Waals surface area contributed by atoms with Crippen LogP contribution in [0.5, 0.6) is 0 Å². The van der Waals surface area contributed by atoms with Gasteiger partial charge in [0.15, 0.2) is 0 Å². The number of carbonyl (C=O) groups is 5. The molecule has 5 amide bonds. The Morgan fingerprint density at radius 2 is 0.759 bits per heavy atom. The minimum absolute atomic E-state index is 0.310. The van der Waals surface area contributed by atoms with E-state index in [0.29, 0.717) is 6.54 Å². The second-order valence-corrected chi connectivity index (χ2v) is 7.46. The molecule has 5 unspecified atom stereocenters. The van der Waals surface area contributed by atoms with Gasteiger partial charge in [0.1, 0.15) is 24.2 Å². The largest absolute Gasteiger partial charge is 0.351 e. The first kappa shape index (κ1) is 24.3. The fourth-order valence-electron chi connectivity index (χ4n) is 2.48. The van der Waals surface area contributed by atoms with Crippen molar-refractivity contribution in [1.82, 2.24) is 31.9 Å². The van der Waals surface area contributed by atoms with E-state index in [1.807, 2.05) is 0 Å². The molecule has 29 heavy (non-hydrogen) atoms. The number of amides is 5. The van der Waals surface area contributed by atoms with Crippen LogP contribution in [0.3, 0.4) is 0 Å². The van der Waals surface area contributed by atoms with Gasteiger partial charge in [-0.3, -0.25) is 24.0 Å². The third-order valence-corrected chi connectivity index (χ3v) is 4.52. The zero-order valence-corrected chi connectivity index (χ0v) is 17.7. The van der Waals surface area contributed by atoms with E-state index in [0.717, 1.165) is 0 Å². The Labute approximate surface area is 170 Å². The Hall–Kier alpha value is -2.69. The molecular formula is C18H32N6O5. The molecule has 0 bridgehead atoms. The minimum Gasteiger partial charge on any atom is -0.351 e. The summed E-state index contributed by atoms with van der Waals surface area (Å²) in [5, 5.41) is 15.8. The Morgan fingerprint density at radius 1 is 0.483 bits per heavy atom. The van der Waals surface area contributed by atoms with Gasteiger partial charge in [-0.05, 0) is 41.5 Å². The van der Waals surface area contributed by atoms with Crippen LogP contribution in [-0.4, -0.2) is 72.3 Å². The summed E-state index contributed by atoms with van der Waals surface area (Å²) < 4.78 is 0. The van der Waals surface area contributed by atoms with Gasteiger partial charge < -0.3 is 31.9 Å². The molecule has 0 aromatic carbocycles. The lowest BCUT2D eigenvalue weighted by Crippen LogP contribution is -2.58. The van der Waals surface area contributed by atoms with Crippen molar-refractivity contribution in [2.45, 2.75) is 77.8 Å². The van der Waals surface area contributed by atoms with Crippen molar-refractivity contribution >= 4 is 29.5 Å². The van der Waals surface area contributed by atoms with Gasteiger partial charge >= 0.3 is 0 Å². The molecule has 6 atom stereocenters. The molecule has 1 heterocycles. The molecular weight excluding hydrogens is 380 g/mol. The third-order valence-electron chi connectivity index (χ3n) is 4.52. The van der Waals surface area contributed by atoms with Crippen LogP contribution in [0.15, 0.2) is 0 Å². The number of carbonyl (C=O) groups excluding carboxylic acids is 5. The van der Waals surface area contributed by atoms with Crippen LogP contribution in [0.2, 0.25) is 0 Å². The van der Waals surface area contributed by atoms with Gasteiger partial charge in [0.25, 0.3) is 0 Å². The van der Waals surface area contributed by atoms with Crippen molar-refractivity contribution in [3.63, 3.8) is 0 Å². The van der Waals surface area contributed by atoms with Crippen LogP contribution in [-0.2, 0) is 24.0 Å². The first-order chi connectivity index (χ1) is 13.4. The topological polar surface area (TPSA) is 158 Å². The number of hydrogen-bond acceptors (Lipinski definition) is 6. The van der Waals surface area contributed by atoms with Crippen LogP contribution in [0.4, 0.5) is 0 Å². The van der Waals surface area contributed by atoms with E-state index >= 15 is 0 Å². The summed E-state index contributed by atoms with van der Waals surface area (Å²) >= 11 is 0. The molecule has 1 aliphatic rings. The van der Waals surface area contributed by atoms with Crippen LogP contribution in [0.1, 0.15) is 41.5 Å². The van der Waals surface area contributed by atoms with E-state index in [-0.39, 0.29) is 6.04 Å². The molecule has 6 N–H and O–H groups in total. The second kappa shape index (κ2) is 10.7. The van der Waals surface area contributed by atoms with E-state index in [9.17, 15) is 24.0 Å². The summed E-state index contributed by atoms with van der Waals surface area (Å²) in [6.07, 6.45) is 0. The molecule has 1 fully saturated rings. The quantitative estimate of drug-likeness (QED) is 0.258. The Balaban J connectivity index is 2.95. The van der Waals surface area contributed by atoms with E-state index in [4.69, 9.17) is 0 Å². The summed E-state index contributed by atoms with van der Waals surface area (Å²) in [4.78, 5) is 61.2. The van der Waals surface area contributed by atoms with Crippen LogP contribution >= 0.6 is 0 Å². The highest BCUT2D eigenvalue weighted by molar-refractivity contribution is 5.95. The highest BCUT2D eigenvalue weighted by atomic mass is 16.2. The molecule has 0 aromatic rings. The van der Waals surface area contributed by atoms with E-state index < -0.39 is 59.7 Å². The van der Waals surface area contributed by atoms with Crippen molar-refractivity contribution in [3.8, 4) is 0 Å². The lowest BCUT2D eigenvalue weighted by atomic mass is 10.2. The number of hydrogen-bond donors (Lipinski definition) is 6. The van der Waals surface area contributed by atoms with Gasteiger partial charge in [-0.25, -0.2) is 0 Å². The minimum atomic E-state index is -0.923. The van der Waals surface area contributed by atoms with Gasteiger partial charge in [0.2, 0.25) is 29.5 Å². The first-order valence-corrected chi connectivity index (χ1v) is 9.67. The average Bonchev–Trinajstić information content (AvgIpc) is 2.64. The highest BCUT2D eigenvalue weighted by Crippen LogP contribution is 1.95. The summed E-state index contributed by atoms with van der Waals surface area (Å²) in [6, 6.07) is -4.43. The Bertz CT molecular complexity index is 651. The van der Waals surface area contributed by atoms with Crippen LogP contribution in [0.25, 0.3) is 0 Å². The molecule has 0 radical (unpaired) electrons. The molecule has 1 saturated heterocycles. The van der Waals surface area contributed by atoms with Crippen LogP contribution in [0, 0.1) is 0 Å². The summed E-state index contributed by atoms with van der Waals surface area (Å²) in [5.41, 5.74) is 0. The van der Waals surface area contributed by atoms with Crippen molar-refractivity contribution in [2.75, 3.05) is 6.54 Å². The monoisotopic (exact) mass is 412 g/mol. The van der Waals surface area contributed by atoms with Crippen molar-refractivity contribution in [1.29, 1.82) is 0 Å². The number of rotatable bonds is 0. The lowest BCUT2D eigenvalue weighted by Gasteiger charge is -2.24. The van der Waals surface area contributed by atoms with Crippen molar-refractivity contribution in [3.05, 3.63) is 0 Å². The van der Waals surface area contributed by atoms with Gasteiger partial charge in [0, 0.05) is 12.6 Å². The normalized spacial score (nSPS) is 33.9. The average molecular weight is 412 g/mol. The third kappa shape index (κ3) is 7.68. The smallest absolute Gasteiger partial charge is 0.242 e. The summed E-state index contributed by atoms with van der Waals surface area (Å²) in [6.45, 7) is 9.67. The molecule has 0 aliphatic carbocycles. The van der Waals surface area contributed by atoms with E-state index in [2.05, 4.69) is 31.9 Å². The lowest BCUT2D eigenvalue weighted by molar-refractivity contribution is -0.134. The van der Waals surface area contributed by atoms with E-state index in [1.54, 1.807) is 13.8 Å². The summed E-state index contributed by atoms with van der Waals surface area (Å²) in [7, 11) is 0. The maximum absolute atomic E-state index is 12.2. The molecule has 0 aromatic heterocycles. The van der Waals surface area contributed by atoms with Gasteiger partial charge in [0.05, 0.1) is 6.04 Å². The van der Waals surface area contributed by atoms with Crippen molar-refractivity contribution < 1.29 is 24.0 Å². The standard InChI is InChI=1S/C18H32N6O5/c1-8-7-19-9(2)14(25)21-11(4)16(27)23-13(6)18(29)24-12(5)17(28)22-10(3)15(26)20-8/h8-13,19H,7H2,1-6H3,(H,20,26)(H,21,25)(H,22,28)(H,23,27)(H,24,29)/t8?,9-,10?,11?,12?,13?/m0/s1. The number of nitrogens with one attached hydrogen (secondary N) is 6. The summed E-state index contributed by atoms with van der Waals surface area (Å²) in [5.74, 6) is -2.40. The zero-order chi connectivity index (χ0) is 22.3. The molecule has 1 rings (SSSR count). The van der Waals surface area contributed by atoms with Gasteiger partial charge in [-0.2, -0.15) is 0 Å². The molecule has 0 saturated carbocycles. The maximum atomic E-state index is 12.2. The highest BCUT2D eigenvalue weighted by Gasteiger charge is 2.26. The SMILES string of the molecule is CC1CN[C@@H](C)C(=O)NC(C)C(=O)NC(C)C(=O)NC(C)C(=O)NC(C)C(=O)N1. The predicted molar refractivity (Wildman–Crippen MR) is 105 cm³/mol. The molecule has 1 aliphatic heterocycles. The Morgan fingerprint density at radius 3 is 1.10 bits per heavy atom. The predicted octanol–water partition coefficient (Wildman–Crippen LogP) is -2.50. The second-order valence-electron chi connectivity index (χ2n) is 7.46. The first-order valence-electron chi connectivity index (χ1n) is 9.67. The zero-order valence-electron chi connectivity index (χ0n) is 17.7. The van der Waals surface area contributed by atoms with Gasteiger partial charge in [-0.1, -0.05) is 0 Å². The maximum Gasteiger partial charge on any atom is 0.242 e. The molecule has 11 heteroatoms. The fourth-order valence-corrected chi connectivity index (χ4v) is 2.48. The van der Waals surface area contributed by atoms with E-state index in [1.165, 1.54) is 27.7 Å². The van der Waals surface area contributed by atoms with Crippen molar-refractivity contribution in [2.24, 2.45) is 0 Å². The van der Waals surface area contributed by atoms with Gasteiger partial charge in [-0.15, -0.1) is 0 Å².